The average Bonchev–Trinajstić information content (AvgIpc) is 2.48. The predicted octanol–water partition coefficient (Wildman–Crippen LogP) is 2.84. The lowest BCUT2D eigenvalue weighted by atomic mass is 10.3. The van der Waals surface area contributed by atoms with Gasteiger partial charge in [-0.3, -0.25) is 0 Å². The maximum absolute atomic E-state index is 10.7. The number of pyridine rings is 1. The van der Waals surface area contributed by atoms with Crippen molar-refractivity contribution < 1.29 is 14.4 Å². The summed E-state index contributed by atoms with van der Waals surface area (Å²) in [5.41, 5.74) is 0. The topological polar surface area (TPSA) is 74.5 Å². The second-order valence-electron chi connectivity index (χ2n) is 3.95. The zero-order valence-corrected chi connectivity index (χ0v) is 10.8. The van der Waals surface area contributed by atoms with Crippen molar-refractivity contribution in [3.63, 3.8) is 0 Å². The fraction of sp³-hybridized carbons (Fsp3) is 0.214. The Morgan fingerprint density at radius 1 is 1.05 bits per heavy atom. The molecule has 20 heavy (non-hydrogen) atoms. The highest BCUT2D eigenvalue weighted by atomic mass is 16.6. The molecular formula is C14H14N2O4. The lowest BCUT2D eigenvalue weighted by Crippen LogP contribution is -2.06. The normalized spacial score (nSPS) is 10.0. The molecule has 0 saturated heterocycles. The van der Waals surface area contributed by atoms with Crippen LogP contribution in [0.15, 0.2) is 48.7 Å². The lowest BCUT2D eigenvalue weighted by Gasteiger charge is -2.07. The number of benzene rings is 1. The first kappa shape index (κ1) is 13.8. The van der Waals surface area contributed by atoms with Gasteiger partial charge in [0.05, 0.1) is 13.2 Å². The van der Waals surface area contributed by atoms with Gasteiger partial charge in [0, 0.05) is 6.42 Å². The summed E-state index contributed by atoms with van der Waals surface area (Å²) in [6.07, 6.45) is 1.99. The fourth-order valence-corrected chi connectivity index (χ4v) is 1.58. The Kier molecular flexibility index (Phi) is 4.88. The number of rotatable bonds is 7. The van der Waals surface area contributed by atoms with Crippen LogP contribution in [0.25, 0.3) is 0 Å². The molecule has 0 fully saturated rings. The second kappa shape index (κ2) is 7.08. The molecule has 0 bridgehead atoms. The van der Waals surface area contributed by atoms with Crippen LogP contribution < -0.4 is 9.47 Å². The van der Waals surface area contributed by atoms with Gasteiger partial charge >= 0.3 is 5.82 Å². The van der Waals surface area contributed by atoms with Gasteiger partial charge in [-0.15, -0.1) is 0 Å². The van der Waals surface area contributed by atoms with Gasteiger partial charge < -0.3 is 19.6 Å². The molecule has 2 aromatic rings. The smallest absolute Gasteiger partial charge is 0.406 e. The molecule has 0 N–H and O–H groups in total. The first-order chi connectivity index (χ1) is 9.77. The van der Waals surface area contributed by atoms with E-state index in [0.29, 0.717) is 19.6 Å². The summed E-state index contributed by atoms with van der Waals surface area (Å²) in [5.74, 6) is 0.702. The molecule has 0 unspecified atom stereocenters. The Morgan fingerprint density at radius 2 is 1.80 bits per heavy atom. The summed E-state index contributed by atoms with van der Waals surface area (Å²) < 4.78 is 10.8. The van der Waals surface area contributed by atoms with E-state index in [9.17, 15) is 10.1 Å². The van der Waals surface area contributed by atoms with E-state index in [1.807, 2.05) is 30.3 Å². The number of nitro groups is 1. The first-order valence-electron chi connectivity index (χ1n) is 6.17. The highest BCUT2D eigenvalue weighted by Gasteiger charge is 2.14. The van der Waals surface area contributed by atoms with Crippen molar-refractivity contribution in [3.8, 4) is 11.5 Å². The fourth-order valence-electron chi connectivity index (χ4n) is 1.58. The number of para-hydroxylation sites is 1. The number of hydrogen-bond donors (Lipinski definition) is 0. The molecule has 1 heterocycles. The zero-order chi connectivity index (χ0) is 14.2. The summed E-state index contributed by atoms with van der Waals surface area (Å²) in [6, 6.07) is 12.6. The van der Waals surface area contributed by atoms with Crippen LogP contribution in [0.3, 0.4) is 0 Å². The third-order valence-electron chi connectivity index (χ3n) is 2.48. The maximum Gasteiger partial charge on any atom is 0.406 e. The van der Waals surface area contributed by atoms with E-state index in [0.717, 1.165) is 5.75 Å². The van der Waals surface area contributed by atoms with Crippen molar-refractivity contribution in [2.75, 3.05) is 13.2 Å². The molecule has 6 nitrogen and oxygen atoms in total. The molecule has 0 radical (unpaired) electrons. The minimum Gasteiger partial charge on any atom is -0.493 e. The van der Waals surface area contributed by atoms with Crippen molar-refractivity contribution in [1.29, 1.82) is 0 Å². The molecule has 1 aromatic carbocycles. The molecule has 2 rings (SSSR count). The molecule has 1 aromatic heterocycles. The zero-order valence-electron chi connectivity index (χ0n) is 10.8. The Bertz CT molecular complexity index is 560. The van der Waals surface area contributed by atoms with Crippen LogP contribution in [0.5, 0.6) is 11.5 Å². The van der Waals surface area contributed by atoms with Crippen LogP contribution >= 0.6 is 0 Å². The Balaban J connectivity index is 1.75. The maximum atomic E-state index is 10.7. The number of ether oxygens (including phenoxy) is 2. The van der Waals surface area contributed by atoms with Gasteiger partial charge in [0.1, 0.15) is 11.9 Å². The standard InChI is InChI=1S/C14H14N2O4/c17-16(18)14-13(8-4-9-15-14)20-11-5-10-19-12-6-2-1-3-7-12/h1-4,6-9H,5,10-11H2. The SMILES string of the molecule is O=[N+]([O-])c1ncccc1OCCCOc1ccccc1. The molecule has 0 aliphatic rings. The van der Waals surface area contributed by atoms with Crippen LogP contribution in [0, 0.1) is 10.1 Å². The lowest BCUT2D eigenvalue weighted by molar-refractivity contribution is -0.390. The van der Waals surface area contributed by atoms with Crippen molar-refractivity contribution in [2.24, 2.45) is 0 Å². The van der Waals surface area contributed by atoms with Gasteiger partial charge in [-0.25, -0.2) is 0 Å². The molecule has 0 saturated carbocycles. The van der Waals surface area contributed by atoms with Crippen molar-refractivity contribution in [1.82, 2.24) is 4.98 Å². The molecule has 0 atom stereocenters. The minimum absolute atomic E-state index is 0.178. The second-order valence-corrected chi connectivity index (χ2v) is 3.95. The summed E-state index contributed by atoms with van der Waals surface area (Å²) in [5, 5.41) is 10.7. The Morgan fingerprint density at radius 3 is 2.55 bits per heavy atom. The number of hydrogen-bond acceptors (Lipinski definition) is 5. The molecule has 0 aliphatic heterocycles. The van der Waals surface area contributed by atoms with Gasteiger partial charge in [-0.2, -0.15) is 0 Å². The first-order valence-corrected chi connectivity index (χ1v) is 6.17. The van der Waals surface area contributed by atoms with Crippen LogP contribution in [-0.2, 0) is 0 Å². The molecule has 104 valence electrons. The van der Waals surface area contributed by atoms with E-state index in [1.165, 1.54) is 12.3 Å². The molecule has 6 heteroatoms. The largest absolute Gasteiger partial charge is 0.493 e. The average molecular weight is 274 g/mol. The van der Waals surface area contributed by atoms with Crippen LogP contribution in [0.1, 0.15) is 6.42 Å². The number of nitrogens with zero attached hydrogens (tertiary/aromatic N) is 2. The van der Waals surface area contributed by atoms with E-state index < -0.39 is 4.92 Å². The summed E-state index contributed by atoms with van der Waals surface area (Å²) in [4.78, 5) is 13.8. The van der Waals surface area contributed by atoms with Gasteiger partial charge in [-0.05, 0) is 34.2 Å². The molecule has 0 amide bonds. The van der Waals surface area contributed by atoms with E-state index in [1.54, 1.807) is 6.07 Å². The summed E-state index contributed by atoms with van der Waals surface area (Å²) >= 11 is 0. The van der Waals surface area contributed by atoms with Crippen LogP contribution in [0.4, 0.5) is 5.82 Å². The van der Waals surface area contributed by atoms with Crippen molar-refractivity contribution in [3.05, 3.63) is 58.8 Å². The van der Waals surface area contributed by atoms with E-state index in [2.05, 4.69) is 4.98 Å². The Labute approximate surface area is 116 Å². The van der Waals surface area contributed by atoms with E-state index >= 15 is 0 Å². The molecule has 0 aliphatic carbocycles. The van der Waals surface area contributed by atoms with E-state index in [4.69, 9.17) is 9.47 Å². The summed E-state index contributed by atoms with van der Waals surface area (Å²) in [7, 11) is 0. The highest BCUT2D eigenvalue weighted by Crippen LogP contribution is 2.22. The van der Waals surface area contributed by atoms with Gasteiger partial charge in [-0.1, -0.05) is 18.2 Å². The van der Waals surface area contributed by atoms with Crippen molar-refractivity contribution in [2.45, 2.75) is 6.42 Å². The van der Waals surface area contributed by atoms with Gasteiger partial charge in [0.2, 0.25) is 5.75 Å². The monoisotopic (exact) mass is 274 g/mol. The minimum atomic E-state index is -0.560. The van der Waals surface area contributed by atoms with Crippen LogP contribution in [0.2, 0.25) is 0 Å². The summed E-state index contributed by atoms with van der Waals surface area (Å²) in [6.45, 7) is 0.817. The van der Waals surface area contributed by atoms with Gasteiger partial charge in [0.15, 0.2) is 0 Å². The third-order valence-corrected chi connectivity index (χ3v) is 2.48. The third kappa shape index (κ3) is 3.94. The number of aromatic nitrogens is 1. The van der Waals surface area contributed by atoms with Gasteiger partial charge in [0.25, 0.3) is 0 Å². The molecular weight excluding hydrogens is 260 g/mol. The molecule has 0 spiro atoms. The van der Waals surface area contributed by atoms with E-state index in [-0.39, 0.29) is 11.6 Å². The van der Waals surface area contributed by atoms with Crippen molar-refractivity contribution >= 4 is 5.82 Å². The predicted molar refractivity (Wildman–Crippen MR) is 72.9 cm³/mol. The Hall–Kier alpha value is -2.63. The highest BCUT2D eigenvalue weighted by molar-refractivity contribution is 5.38. The van der Waals surface area contributed by atoms with Crippen LogP contribution in [-0.4, -0.2) is 23.1 Å². The quantitative estimate of drug-likeness (QED) is 0.441.